The van der Waals surface area contributed by atoms with E-state index in [1.54, 1.807) is 0 Å². The second-order valence-electron chi connectivity index (χ2n) is 3.75. The summed E-state index contributed by atoms with van der Waals surface area (Å²) in [6.45, 7) is 6.00. The number of hydrogen-bond acceptors (Lipinski definition) is 3. The van der Waals surface area contributed by atoms with Gasteiger partial charge in [0, 0.05) is 41.3 Å². The lowest BCUT2D eigenvalue weighted by molar-refractivity contribution is -0.123. The summed E-state index contributed by atoms with van der Waals surface area (Å²) in [5, 5.41) is 0. The average molecular weight is 203 g/mol. The lowest BCUT2D eigenvalue weighted by atomic mass is 10.1. The molecule has 0 saturated carbocycles. The molecule has 0 aliphatic carbocycles. The Balaban J connectivity index is 2.30. The summed E-state index contributed by atoms with van der Waals surface area (Å²) >= 11 is 0. The van der Waals surface area contributed by atoms with Crippen LogP contribution in [0.1, 0.15) is 13.8 Å². The highest BCUT2D eigenvalue weighted by atomic mass is 32.2. The van der Waals surface area contributed by atoms with Crippen molar-refractivity contribution in [2.45, 2.75) is 13.8 Å². The summed E-state index contributed by atoms with van der Waals surface area (Å²) in [4.78, 5) is 13.5. The molecule has 13 heavy (non-hydrogen) atoms. The largest absolute Gasteiger partial charge is 0.298 e. The fourth-order valence-corrected chi connectivity index (χ4v) is 2.36. The number of carbonyl (C=O) groups is 1. The van der Waals surface area contributed by atoms with Crippen molar-refractivity contribution >= 4 is 16.6 Å². The topological polar surface area (TPSA) is 37.4 Å². The van der Waals surface area contributed by atoms with Crippen LogP contribution < -0.4 is 0 Å². The van der Waals surface area contributed by atoms with Crippen molar-refractivity contribution in [3.05, 3.63) is 0 Å². The molecular formula is C9H17NO2S. The highest BCUT2D eigenvalue weighted by molar-refractivity contribution is 7.85. The Kier molecular flexibility index (Phi) is 4.06. The molecule has 1 aliphatic rings. The van der Waals surface area contributed by atoms with Gasteiger partial charge in [-0.3, -0.25) is 13.9 Å². The minimum absolute atomic E-state index is 0.118. The molecule has 1 heterocycles. The molecule has 0 N–H and O–H groups in total. The Labute approximate surface area is 81.9 Å². The molecule has 76 valence electrons. The van der Waals surface area contributed by atoms with Crippen molar-refractivity contribution in [3.63, 3.8) is 0 Å². The Morgan fingerprint density at radius 1 is 1.38 bits per heavy atom. The maximum absolute atomic E-state index is 11.4. The van der Waals surface area contributed by atoms with Crippen molar-refractivity contribution in [2.75, 3.05) is 31.1 Å². The van der Waals surface area contributed by atoms with Crippen molar-refractivity contribution in [1.29, 1.82) is 0 Å². The third-order valence-corrected chi connectivity index (χ3v) is 3.57. The Bertz CT molecular complexity index is 206. The van der Waals surface area contributed by atoms with Gasteiger partial charge in [-0.05, 0) is 0 Å². The normalized spacial score (nSPS) is 20.8. The average Bonchev–Trinajstić information content (AvgIpc) is 2.08. The van der Waals surface area contributed by atoms with Gasteiger partial charge in [-0.2, -0.15) is 0 Å². The minimum atomic E-state index is -0.639. The minimum Gasteiger partial charge on any atom is -0.298 e. The van der Waals surface area contributed by atoms with E-state index < -0.39 is 10.8 Å². The number of nitrogens with zero attached hydrogens (tertiary/aromatic N) is 1. The Morgan fingerprint density at radius 2 is 1.92 bits per heavy atom. The maximum atomic E-state index is 11.4. The zero-order chi connectivity index (χ0) is 9.84. The molecule has 4 heteroatoms. The predicted octanol–water partition coefficient (Wildman–Crippen LogP) is 0.276. The van der Waals surface area contributed by atoms with Gasteiger partial charge in [0.1, 0.15) is 5.78 Å². The Hall–Kier alpha value is -0.220. The molecule has 1 rings (SSSR count). The Morgan fingerprint density at radius 3 is 2.38 bits per heavy atom. The van der Waals surface area contributed by atoms with Crippen molar-refractivity contribution in [2.24, 2.45) is 5.92 Å². The van der Waals surface area contributed by atoms with Crippen molar-refractivity contribution in [3.8, 4) is 0 Å². The first-order valence-electron chi connectivity index (χ1n) is 4.69. The molecule has 1 saturated heterocycles. The van der Waals surface area contributed by atoms with Crippen LogP contribution in [0.3, 0.4) is 0 Å². The molecule has 0 atom stereocenters. The summed E-state index contributed by atoms with van der Waals surface area (Å²) in [5.41, 5.74) is 0. The molecule has 0 radical (unpaired) electrons. The van der Waals surface area contributed by atoms with Crippen molar-refractivity contribution in [1.82, 2.24) is 4.90 Å². The maximum Gasteiger partial charge on any atom is 0.149 e. The number of Topliss-reactive ketones (excluding diaryl/α,β-unsaturated/α-hetero) is 1. The van der Waals surface area contributed by atoms with Crippen molar-refractivity contribution < 1.29 is 9.00 Å². The van der Waals surface area contributed by atoms with Crippen LogP contribution >= 0.6 is 0 Å². The van der Waals surface area contributed by atoms with Gasteiger partial charge < -0.3 is 0 Å². The summed E-state index contributed by atoms with van der Waals surface area (Å²) in [6.07, 6.45) is 0. The molecule has 3 nitrogen and oxygen atoms in total. The number of ketones is 1. The van der Waals surface area contributed by atoms with Gasteiger partial charge >= 0.3 is 0 Å². The summed E-state index contributed by atoms with van der Waals surface area (Å²) < 4.78 is 11.0. The van der Waals surface area contributed by atoms with Crippen LogP contribution in [0.25, 0.3) is 0 Å². The van der Waals surface area contributed by atoms with Crippen LogP contribution in [0.4, 0.5) is 0 Å². The van der Waals surface area contributed by atoms with Crippen LogP contribution in [-0.2, 0) is 15.6 Å². The lowest BCUT2D eigenvalue weighted by Gasteiger charge is -2.25. The smallest absolute Gasteiger partial charge is 0.149 e. The van der Waals surface area contributed by atoms with E-state index in [4.69, 9.17) is 0 Å². The van der Waals surface area contributed by atoms with Gasteiger partial charge in [-0.15, -0.1) is 0 Å². The molecule has 1 fully saturated rings. The van der Waals surface area contributed by atoms with E-state index in [1.807, 2.05) is 13.8 Å². The molecule has 0 amide bonds. The zero-order valence-corrected chi connectivity index (χ0v) is 9.10. The van der Waals surface area contributed by atoms with Gasteiger partial charge in [0.2, 0.25) is 0 Å². The van der Waals surface area contributed by atoms with Gasteiger partial charge in [-0.1, -0.05) is 13.8 Å². The van der Waals surface area contributed by atoms with E-state index in [-0.39, 0.29) is 11.7 Å². The van der Waals surface area contributed by atoms with Gasteiger partial charge in [-0.25, -0.2) is 0 Å². The van der Waals surface area contributed by atoms with Crippen LogP contribution in [0.5, 0.6) is 0 Å². The molecule has 1 aliphatic heterocycles. The van der Waals surface area contributed by atoms with E-state index in [9.17, 15) is 9.00 Å². The van der Waals surface area contributed by atoms with E-state index in [0.29, 0.717) is 6.54 Å². The van der Waals surface area contributed by atoms with E-state index >= 15 is 0 Å². The van der Waals surface area contributed by atoms with Gasteiger partial charge in [0.25, 0.3) is 0 Å². The van der Waals surface area contributed by atoms with E-state index in [2.05, 4.69) is 4.90 Å². The summed E-state index contributed by atoms with van der Waals surface area (Å²) in [7, 11) is -0.639. The highest BCUT2D eigenvalue weighted by Gasteiger charge is 2.18. The fourth-order valence-electron chi connectivity index (χ4n) is 1.24. The third-order valence-electron chi connectivity index (χ3n) is 2.29. The van der Waals surface area contributed by atoms with E-state index in [1.165, 1.54) is 0 Å². The third kappa shape index (κ3) is 3.56. The van der Waals surface area contributed by atoms with Gasteiger partial charge in [0.15, 0.2) is 0 Å². The molecule has 0 aromatic rings. The monoisotopic (exact) mass is 203 g/mol. The zero-order valence-electron chi connectivity index (χ0n) is 8.28. The lowest BCUT2D eigenvalue weighted by Crippen LogP contribution is -2.41. The fraction of sp³-hybridized carbons (Fsp3) is 0.889. The number of carbonyl (C=O) groups excluding carboxylic acids is 1. The first-order valence-corrected chi connectivity index (χ1v) is 6.18. The molecular weight excluding hydrogens is 186 g/mol. The molecule has 0 unspecified atom stereocenters. The number of rotatable bonds is 3. The quantitative estimate of drug-likeness (QED) is 0.661. The van der Waals surface area contributed by atoms with Gasteiger partial charge in [0.05, 0.1) is 6.54 Å². The number of hydrogen-bond donors (Lipinski definition) is 0. The standard InChI is InChI=1S/C9H17NO2S/c1-8(2)9(11)7-10-3-5-13(12)6-4-10/h8H,3-7H2,1-2H3. The molecule has 0 aromatic carbocycles. The van der Waals surface area contributed by atoms with Crippen LogP contribution in [-0.4, -0.2) is 46.0 Å². The van der Waals surface area contributed by atoms with Crippen LogP contribution in [0, 0.1) is 5.92 Å². The first kappa shape index (κ1) is 10.9. The predicted molar refractivity (Wildman–Crippen MR) is 54.2 cm³/mol. The molecule has 0 spiro atoms. The second-order valence-corrected chi connectivity index (χ2v) is 5.44. The molecule has 0 bridgehead atoms. The van der Waals surface area contributed by atoms with Crippen LogP contribution in [0.2, 0.25) is 0 Å². The molecule has 0 aromatic heterocycles. The summed E-state index contributed by atoms with van der Waals surface area (Å²) in [5.74, 6) is 1.86. The highest BCUT2D eigenvalue weighted by Crippen LogP contribution is 2.02. The first-order chi connectivity index (χ1) is 6.09. The van der Waals surface area contributed by atoms with E-state index in [0.717, 1.165) is 24.6 Å². The second kappa shape index (κ2) is 4.86. The SMILES string of the molecule is CC(C)C(=O)CN1CCS(=O)CC1. The van der Waals surface area contributed by atoms with Crippen LogP contribution in [0.15, 0.2) is 0 Å². The summed E-state index contributed by atoms with van der Waals surface area (Å²) in [6, 6.07) is 0.